The number of esters is 5. The molecular weight excluding hydrogens is 1100 g/mol. The number of carbonyl (C=O) groups excluding carboxylic acids is 5. The molecule has 5 saturated heterocycles. The van der Waals surface area contributed by atoms with Crippen LogP contribution in [0.1, 0.15) is 322 Å². The highest BCUT2D eigenvalue weighted by atomic mass is 16.6. The van der Waals surface area contributed by atoms with Crippen molar-refractivity contribution >= 4 is 29.8 Å². The van der Waals surface area contributed by atoms with Crippen LogP contribution in [0, 0.1) is 10.8 Å². The third-order valence-corrected chi connectivity index (χ3v) is 19.3. The maximum Gasteiger partial charge on any atom is 0.305 e. The minimum atomic E-state index is -0.194. The van der Waals surface area contributed by atoms with Gasteiger partial charge in [0.2, 0.25) is 0 Å². The van der Waals surface area contributed by atoms with Crippen LogP contribution in [0.2, 0.25) is 0 Å². The summed E-state index contributed by atoms with van der Waals surface area (Å²) in [4.78, 5) is 60.5. The van der Waals surface area contributed by atoms with Crippen molar-refractivity contribution in [3.8, 4) is 0 Å². The van der Waals surface area contributed by atoms with Crippen LogP contribution < -0.4 is 0 Å². The molecule has 0 aromatic rings. The van der Waals surface area contributed by atoms with E-state index in [0.717, 1.165) is 103 Å². The van der Waals surface area contributed by atoms with E-state index < -0.39 is 0 Å². The third kappa shape index (κ3) is 36.7. The third-order valence-electron chi connectivity index (χ3n) is 19.3. The summed E-state index contributed by atoms with van der Waals surface area (Å²) >= 11 is 0. The molecule has 5 fully saturated rings. The number of hydrogen-bond acceptors (Lipinski definition) is 15. The van der Waals surface area contributed by atoms with Gasteiger partial charge in [0, 0.05) is 32.1 Å². The number of epoxide rings is 3. The fourth-order valence-corrected chi connectivity index (χ4v) is 12.4. The lowest BCUT2D eigenvalue weighted by atomic mass is 9.84. The van der Waals surface area contributed by atoms with E-state index >= 15 is 0 Å². The Morgan fingerprint density at radius 3 is 0.690 bits per heavy atom. The van der Waals surface area contributed by atoms with Gasteiger partial charge in [0.25, 0.3) is 0 Å². The highest BCUT2D eigenvalue weighted by Crippen LogP contribution is 2.36. The van der Waals surface area contributed by atoms with Crippen molar-refractivity contribution in [3.05, 3.63) is 0 Å². The van der Waals surface area contributed by atoms with E-state index in [-0.39, 0.29) is 40.7 Å². The molecule has 5 aliphatic rings. The van der Waals surface area contributed by atoms with E-state index in [2.05, 4.69) is 13.8 Å². The van der Waals surface area contributed by atoms with E-state index in [1.165, 1.54) is 161 Å². The number of ether oxygens (including phenoxy) is 10. The normalized spacial score (nSPS) is 21.1. The molecule has 0 saturated carbocycles. The van der Waals surface area contributed by atoms with Gasteiger partial charge in [-0.05, 0) is 103 Å². The first kappa shape index (κ1) is 74.9. The fourth-order valence-electron chi connectivity index (χ4n) is 12.4. The van der Waals surface area contributed by atoms with Crippen LogP contribution in [0.25, 0.3) is 0 Å². The second-order valence-electron chi connectivity index (χ2n) is 27.2. The molecule has 15 heteroatoms. The van der Waals surface area contributed by atoms with E-state index in [1.807, 2.05) is 0 Å². The van der Waals surface area contributed by atoms with E-state index in [4.69, 9.17) is 47.4 Å². The van der Waals surface area contributed by atoms with Crippen molar-refractivity contribution in [1.82, 2.24) is 0 Å². The van der Waals surface area contributed by atoms with Gasteiger partial charge in [-0.2, -0.15) is 0 Å². The molecule has 0 aliphatic carbocycles. The van der Waals surface area contributed by atoms with Crippen LogP contribution in [0.4, 0.5) is 0 Å². The highest BCUT2D eigenvalue weighted by molar-refractivity contribution is 5.71. The van der Waals surface area contributed by atoms with Crippen LogP contribution >= 0.6 is 0 Å². The molecule has 0 radical (unpaired) electrons. The van der Waals surface area contributed by atoms with Crippen LogP contribution in [0.3, 0.4) is 0 Å². The zero-order valence-electron chi connectivity index (χ0n) is 55.4. The summed E-state index contributed by atoms with van der Waals surface area (Å²) < 4.78 is 55.7. The molecule has 0 aromatic heterocycles. The van der Waals surface area contributed by atoms with Crippen molar-refractivity contribution in [2.24, 2.45) is 10.8 Å². The van der Waals surface area contributed by atoms with Gasteiger partial charge in [-0.25, -0.2) is 0 Å². The largest absolute Gasteiger partial charge is 0.466 e. The molecule has 0 bridgehead atoms. The summed E-state index contributed by atoms with van der Waals surface area (Å²) in [6.07, 6.45) is 53.0. The predicted octanol–water partition coefficient (Wildman–Crippen LogP) is 16.8. The Hall–Kier alpha value is -2.85. The molecular formula is C72H126O15. The van der Waals surface area contributed by atoms with Crippen LogP contribution in [-0.4, -0.2) is 126 Å². The van der Waals surface area contributed by atoms with E-state index in [0.29, 0.717) is 141 Å². The van der Waals surface area contributed by atoms with Gasteiger partial charge < -0.3 is 47.4 Å². The Kier molecular flexibility index (Phi) is 40.5. The molecule has 0 N–H and O–H groups in total. The van der Waals surface area contributed by atoms with E-state index in [1.54, 1.807) is 0 Å². The Labute approximate surface area is 528 Å². The first-order chi connectivity index (χ1) is 42.6. The molecule has 15 nitrogen and oxygen atoms in total. The Morgan fingerprint density at radius 1 is 0.276 bits per heavy atom. The summed E-state index contributed by atoms with van der Waals surface area (Å²) in [5, 5.41) is 0. The average molecular weight is 1230 g/mol. The average Bonchev–Trinajstić information content (AvgIpc) is 4.42. The Bertz CT molecular complexity index is 1790. The predicted molar refractivity (Wildman–Crippen MR) is 340 cm³/mol. The summed E-state index contributed by atoms with van der Waals surface area (Å²) in [6, 6.07) is 0. The van der Waals surface area contributed by atoms with Crippen molar-refractivity contribution in [2.75, 3.05) is 59.5 Å². The first-order valence-electron chi connectivity index (χ1n) is 36.5. The monoisotopic (exact) mass is 1230 g/mol. The molecule has 6 atom stereocenters. The maximum absolute atomic E-state index is 12.2. The van der Waals surface area contributed by atoms with E-state index in [9.17, 15) is 24.0 Å². The van der Waals surface area contributed by atoms with Gasteiger partial charge in [-0.1, -0.05) is 187 Å². The standard InChI is InChI=1S/C72H126O15/c1-3-71(54-78-55-71)58-83-69(76)48-34-22-13-19-31-45-65-62(87-65)42-27-15-6-9-24-38-52-81-67(74)46-32-20-11-17-29-43-63-60(85-63)40-26-14-5-8-23-37-51-80-66(73)47-33-21-12-18-30-44-64-61(86-64)41-28-16-7-10-25-39-53-82-68(75)49-35-36-50-70(77)84-59-72(4-2)56-79-57-72/h60-65H,3-59H2,1-2H3. The molecule has 0 spiro atoms. The van der Waals surface area contributed by atoms with Crippen molar-refractivity contribution in [1.29, 1.82) is 0 Å². The molecule has 504 valence electrons. The lowest BCUT2D eigenvalue weighted by Gasteiger charge is -2.39. The number of unbranched alkanes of at least 4 members (excludes halogenated alkanes) is 28. The molecule has 0 amide bonds. The Morgan fingerprint density at radius 2 is 0.471 bits per heavy atom. The van der Waals surface area contributed by atoms with Crippen molar-refractivity contribution < 1.29 is 71.3 Å². The lowest BCUT2D eigenvalue weighted by Crippen LogP contribution is -2.46. The highest BCUT2D eigenvalue weighted by Gasteiger charge is 2.40. The fraction of sp³-hybridized carbons (Fsp3) is 0.931. The van der Waals surface area contributed by atoms with Gasteiger partial charge in [0.1, 0.15) is 13.2 Å². The second kappa shape index (κ2) is 47.1. The molecule has 5 heterocycles. The zero-order valence-corrected chi connectivity index (χ0v) is 55.4. The SMILES string of the molecule is CCC1(COC(=O)CCCCCCCC2OC2CCCCCCCCOC(=O)CCCCCCCC2OC2CCCCCCCCOC(=O)CCCCCCCC2OC2CCCCCCCCOC(=O)CCCCC(=O)OCC2(CC)COC2)COC1. The topological polar surface area (TPSA) is 188 Å². The number of carbonyl (C=O) groups is 5. The minimum Gasteiger partial charge on any atom is -0.466 e. The van der Waals surface area contributed by atoms with Gasteiger partial charge in [0.05, 0.1) is 93.7 Å². The van der Waals surface area contributed by atoms with Gasteiger partial charge >= 0.3 is 29.8 Å². The van der Waals surface area contributed by atoms with Crippen LogP contribution in [0.5, 0.6) is 0 Å². The second-order valence-corrected chi connectivity index (χ2v) is 27.2. The number of rotatable bonds is 62. The minimum absolute atomic E-state index is 0.00744. The lowest BCUT2D eigenvalue weighted by molar-refractivity contribution is -0.171. The Balaban J connectivity index is 0.640. The maximum atomic E-state index is 12.2. The number of hydrogen-bond donors (Lipinski definition) is 0. The summed E-state index contributed by atoms with van der Waals surface area (Å²) in [5.74, 6) is -0.502. The van der Waals surface area contributed by atoms with Gasteiger partial charge in [-0.3, -0.25) is 24.0 Å². The zero-order chi connectivity index (χ0) is 61.7. The molecule has 5 rings (SSSR count). The quantitative estimate of drug-likeness (QED) is 0.0242. The van der Waals surface area contributed by atoms with Gasteiger partial charge in [0.15, 0.2) is 0 Å². The summed E-state index contributed by atoms with van der Waals surface area (Å²) in [7, 11) is 0. The molecule has 87 heavy (non-hydrogen) atoms. The summed E-state index contributed by atoms with van der Waals surface area (Å²) in [5.41, 5.74) is 0.0792. The van der Waals surface area contributed by atoms with Crippen molar-refractivity contribution in [3.63, 3.8) is 0 Å². The molecule has 5 aliphatic heterocycles. The first-order valence-corrected chi connectivity index (χ1v) is 36.5. The van der Waals surface area contributed by atoms with Gasteiger partial charge in [-0.15, -0.1) is 0 Å². The van der Waals surface area contributed by atoms with Crippen molar-refractivity contribution in [2.45, 2.75) is 359 Å². The van der Waals surface area contributed by atoms with Crippen LogP contribution in [0.15, 0.2) is 0 Å². The summed E-state index contributed by atoms with van der Waals surface area (Å²) in [6.45, 7) is 9.51. The molecule has 6 unspecified atom stereocenters. The smallest absolute Gasteiger partial charge is 0.305 e. The molecule has 0 aromatic carbocycles. The van der Waals surface area contributed by atoms with Crippen LogP contribution in [-0.2, 0) is 71.3 Å².